The number of hydrazone groups is 1. The summed E-state index contributed by atoms with van der Waals surface area (Å²) in [6.07, 6.45) is 1.61. The summed E-state index contributed by atoms with van der Waals surface area (Å²) in [6, 6.07) is 15.0. The first-order valence-corrected chi connectivity index (χ1v) is 6.60. The smallest absolute Gasteiger partial charge is 0.267 e. The molecular weight excluding hydrogens is 304 g/mol. The molecule has 0 unspecified atom stereocenters. The highest BCUT2D eigenvalue weighted by Gasteiger charge is 2.02. The minimum absolute atomic E-state index is 0.216. The van der Waals surface area contributed by atoms with E-state index in [9.17, 15) is 4.79 Å². The second kappa shape index (κ2) is 6.29. The number of nitrogens with zero attached hydrogens (tertiary/aromatic N) is 1. The first-order chi connectivity index (χ1) is 9.15. The van der Waals surface area contributed by atoms with Crippen LogP contribution in [0.4, 0.5) is 0 Å². The molecule has 3 nitrogen and oxygen atoms in total. The Morgan fingerprint density at radius 3 is 2.63 bits per heavy atom. The molecule has 0 aromatic heterocycles. The standard InChI is InChI=1S/C15H13BrN2O/c1-11-5-7-13(8-6-11)15(19)18-17-10-12-3-2-4-14(16)9-12/h2-10H,1H3,(H,18,19). The van der Waals surface area contributed by atoms with Crippen LogP contribution in [-0.2, 0) is 0 Å². The highest BCUT2D eigenvalue weighted by molar-refractivity contribution is 9.10. The van der Waals surface area contributed by atoms with E-state index in [1.54, 1.807) is 18.3 Å². The lowest BCUT2D eigenvalue weighted by Crippen LogP contribution is -2.17. The van der Waals surface area contributed by atoms with Crippen molar-refractivity contribution in [2.75, 3.05) is 0 Å². The summed E-state index contributed by atoms with van der Waals surface area (Å²) >= 11 is 3.38. The van der Waals surface area contributed by atoms with Crippen LogP contribution in [0.1, 0.15) is 21.5 Å². The molecule has 0 aliphatic heterocycles. The summed E-state index contributed by atoms with van der Waals surface area (Å²) in [5, 5.41) is 3.94. The maximum atomic E-state index is 11.8. The van der Waals surface area contributed by atoms with Crippen LogP contribution in [0.5, 0.6) is 0 Å². The molecule has 0 heterocycles. The maximum Gasteiger partial charge on any atom is 0.271 e. The number of carbonyl (C=O) groups is 1. The highest BCUT2D eigenvalue weighted by atomic mass is 79.9. The van der Waals surface area contributed by atoms with E-state index in [-0.39, 0.29) is 5.91 Å². The molecule has 1 N–H and O–H groups in total. The number of nitrogens with one attached hydrogen (secondary N) is 1. The van der Waals surface area contributed by atoms with Gasteiger partial charge in [0.2, 0.25) is 0 Å². The Hall–Kier alpha value is -1.94. The third-order valence-electron chi connectivity index (χ3n) is 2.54. The van der Waals surface area contributed by atoms with Crippen molar-refractivity contribution in [3.8, 4) is 0 Å². The lowest BCUT2D eigenvalue weighted by Gasteiger charge is -2.00. The second-order valence-electron chi connectivity index (χ2n) is 4.12. The summed E-state index contributed by atoms with van der Waals surface area (Å²) in [5.41, 5.74) is 5.13. The van der Waals surface area contributed by atoms with Crippen molar-refractivity contribution in [3.05, 3.63) is 69.7 Å². The van der Waals surface area contributed by atoms with Crippen LogP contribution in [-0.4, -0.2) is 12.1 Å². The SMILES string of the molecule is Cc1ccc(C(=O)NN=Cc2cccc(Br)c2)cc1. The third kappa shape index (κ3) is 4.03. The minimum Gasteiger partial charge on any atom is -0.267 e. The highest BCUT2D eigenvalue weighted by Crippen LogP contribution is 2.09. The molecule has 96 valence electrons. The van der Waals surface area contributed by atoms with Gasteiger partial charge >= 0.3 is 0 Å². The van der Waals surface area contributed by atoms with Crippen molar-refractivity contribution in [3.63, 3.8) is 0 Å². The Morgan fingerprint density at radius 2 is 1.95 bits per heavy atom. The monoisotopic (exact) mass is 316 g/mol. The van der Waals surface area contributed by atoms with Gasteiger partial charge in [-0.2, -0.15) is 5.10 Å². The van der Waals surface area contributed by atoms with Gasteiger partial charge in [-0.1, -0.05) is 45.8 Å². The van der Waals surface area contributed by atoms with Crippen LogP contribution in [0.25, 0.3) is 0 Å². The lowest BCUT2D eigenvalue weighted by atomic mass is 10.1. The Balaban J connectivity index is 1.98. The normalized spacial score (nSPS) is 10.6. The average molecular weight is 317 g/mol. The van der Waals surface area contributed by atoms with Gasteiger partial charge in [0.25, 0.3) is 5.91 Å². The molecule has 0 aliphatic carbocycles. The fourth-order valence-corrected chi connectivity index (χ4v) is 1.94. The summed E-state index contributed by atoms with van der Waals surface area (Å²) in [5.74, 6) is -0.216. The van der Waals surface area contributed by atoms with Crippen LogP contribution in [0.15, 0.2) is 58.1 Å². The second-order valence-corrected chi connectivity index (χ2v) is 5.04. The van der Waals surface area contributed by atoms with Gasteiger partial charge in [0.05, 0.1) is 6.21 Å². The van der Waals surface area contributed by atoms with Crippen LogP contribution in [0.3, 0.4) is 0 Å². The van der Waals surface area contributed by atoms with Crippen LogP contribution in [0.2, 0.25) is 0 Å². The van der Waals surface area contributed by atoms with Gasteiger partial charge in [0, 0.05) is 10.0 Å². The molecular formula is C15H13BrN2O. The summed E-state index contributed by atoms with van der Waals surface area (Å²) in [4.78, 5) is 11.8. The number of halogens is 1. The molecule has 19 heavy (non-hydrogen) atoms. The number of hydrogen-bond donors (Lipinski definition) is 1. The van der Waals surface area contributed by atoms with E-state index in [0.29, 0.717) is 5.56 Å². The minimum atomic E-state index is -0.216. The summed E-state index contributed by atoms with van der Waals surface area (Å²) < 4.78 is 0.973. The van der Waals surface area contributed by atoms with E-state index in [1.165, 1.54) is 0 Å². The van der Waals surface area contributed by atoms with Crippen molar-refractivity contribution in [2.24, 2.45) is 5.10 Å². The van der Waals surface area contributed by atoms with E-state index >= 15 is 0 Å². The number of aryl methyl sites for hydroxylation is 1. The summed E-state index contributed by atoms with van der Waals surface area (Å²) in [7, 11) is 0. The van der Waals surface area contributed by atoms with Crippen LogP contribution >= 0.6 is 15.9 Å². The van der Waals surface area contributed by atoms with Crippen molar-refractivity contribution in [2.45, 2.75) is 6.92 Å². The maximum absolute atomic E-state index is 11.8. The summed E-state index contributed by atoms with van der Waals surface area (Å²) in [6.45, 7) is 1.98. The zero-order valence-electron chi connectivity index (χ0n) is 10.4. The predicted molar refractivity (Wildman–Crippen MR) is 80.4 cm³/mol. The number of hydrogen-bond acceptors (Lipinski definition) is 2. The molecule has 0 saturated carbocycles. The number of amides is 1. The number of benzene rings is 2. The van der Waals surface area contributed by atoms with Crippen molar-refractivity contribution < 1.29 is 4.79 Å². The van der Waals surface area contributed by atoms with Gasteiger partial charge in [0.1, 0.15) is 0 Å². The van der Waals surface area contributed by atoms with Gasteiger partial charge in [-0.05, 0) is 36.8 Å². The molecule has 0 spiro atoms. The molecule has 0 bridgehead atoms. The van der Waals surface area contributed by atoms with Gasteiger partial charge < -0.3 is 0 Å². The quantitative estimate of drug-likeness (QED) is 0.683. The zero-order chi connectivity index (χ0) is 13.7. The van der Waals surface area contributed by atoms with Gasteiger partial charge in [-0.3, -0.25) is 4.79 Å². The van der Waals surface area contributed by atoms with E-state index < -0.39 is 0 Å². The van der Waals surface area contributed by atoms with Crippen molar-refractivity contribution in [1.29, 1.82) is 0 Å². The fraction of sp³-hybridized carbons (Fsp3) is 0.0667. The van der Waals surface area contributed by atoms with Crippen molar-refractivity contribution in [1.82, 2.24) is 5.43 Å². The Morgan fingerprint density at radius 1 is 1.21 bits per heavy atom. The topological polar surface area (TPSA) is 41.5 Å². The number of carbonyl (C=O) groups excluding carboxylic acids is 1. The Labute approximate surface area is 120 Å². The first kappa shape index (κ1) is 13.5. The number of rotatable bonds is 3. The molecule has 2 aromatic rings. The van der Waals surface area contributed by atoms with E-state index in [0.717, 1.165) is 15.6 Å². The molecule has 0 saturated heterocycles. The van der Waals surface area contributed by atoms with Crippen LogP contribution < -0.4 is 5.43 Å². The van der Waals surface area contributed by atoms with Crippen molar-refractivity contribution >= 4 is 28.1 Å². The molecule has 0 atom stereocenters. The lowest BCUT2D eigenvalue weighted by molar-refractivity contribution is 0.0955. The molecule has 1 amide bonds. The predicted octanol–water partition coefficient (Wildman–Crippen LogP) is 3.52. The molecule has 0 radical (unpaired) electrons. The first-order valence-electron chi connectivity index (χ1n) is 5.81. The Bertz CT molecular complexity index is 606. The zero-order valence-corrected chi connectivity index (χ0v) is 12.0. The van der Waals surface area contributed by atoms with E-state index in [1.807, 2.05) is 43.3 Å². The van der Waals surface area contributed by atoms with E-state index in [2.05, 4.69) is 26.5 Å². The molecule has 4 heteroatoms. The third-order valence-corrected chi connectivity index (χ3v) is 3.04. The average Bonchev–Trinajstić information content (AvgIpc) is 2.39. The van der Waals surface area contributed by atoms with Crippen LogP contribution in [0, 0.1) is 6.92 Å². The van der Waals surface area contributed by atoms with Gasteiger partial charge in [-0.25, -0.2) is 5.43 Å². The van der Waals surface area contributed by atoms with E-state index in [4.69, 9.17) is 0 Å². The Kier molecular flexibility index (Phi) is 4.47. The molecule has 0 aliphatic rings. The largest absolute Gasteiger partial charge is 0.271 e. The molecule has 2 rings (SSSR count). The fourth-order valence-electron chi connectivity index (χ4n) is 1.52. The van der Waals surface area contributed by atoms with Gasteiger partial charge in [0.15, 0.2) is 0 Å². The van der Waals surface area contributed by atoms with Gasteiger partial charge in [-0.15, -0.1) is 0 Å². The molecule has 2 aromatic carbocycles. The molecule has 0 fully saturated rings.